The summed E-state index contributed by atoms with van der Waals surface area (Å²) in [6, 6.07) is 14.4. The van der Waals surface area contributed by atoms with Gasteiger partial charge in [0.2, 0.25) is 0 Å². The van der Waals surface area contributed by atoms with E-state index in [4.69, 9.17) is 23.2 Å². The smallest absolute Gasteiger partial charge is 0.164 e. The first-order chi connectivity index (χ1) is 10.0. The average molecular weight is 318 g/mol. The van der Waals surface area contributed by atoms with E-state index in [0.717, 1.165) is 5.56 Å². The zero-order valence-corrected chi connectivity index (χ0v) is 12.9. The maximum atomic E-state index is 12.3. The zero-order chi connectivity index (χ0) is 15.4. The molecule has 0 fully saturated rings. The summed E-state index contributed by atoms with van der Waals surface area (Å²) in [5.74, 6) is -0.654. The van der Waals surface area contributed by atoms with E-state index < -0.39 is 5.92 Å². The Morgan fingerprint density at radius 2 is 2.00 bits per heavy atom. The number of benzene rings is 2. The molecule has 0 N–H and O–H groups in total. The van der Waals surface area contributed by atoms with Gasteiger partial charge in [-0.1, -0.05) is 53.0 Å². The van der Waals surface area contributed by atoms with Crippen molar-refractivity contribution in [1.29, 1.82) is 5.26 Å². The van der Waals surface area contributed by atoms with Crippen LogP contribution >= 0.6 is 23.2 Å². The van der Waals surface area contributed by atoms with Gasteiger partial charge in [-0.25, -0.2) is 0 Å². The summed E-state index contributed by atoms with van der Waals surface area (Å²) in [4.78, 5) is 12.3. The Bertz CT molecular complexity index is 719. The first-order valence-electron chi connectivity index (χ1n) is 6.45. The van der Waals surface area contributed by atoms with Crippen LogP contribution in [0.1, 0.15) is 33.8 Å². The molecule has 0 amide bonds. The van der Waals surface area contributed by atoms with Crippen molar-refractivity contribution in [3.8, 4) is 6.07 Å². The van der Waals surface area contributed by atoms with Crippen LogP contribution in [-0.4, -0.2) is 5.78 Å². The van der Waals surface area contributed by atoms with Crippen LogP contribution < -0.4 is 0 Å². The van der Waals surface area contributed by atoms with Crippen LogP contribution in [-0.2, 0) is 0 Å². The van der Waals surface area contributed by atoms with Crippen LogP contribution in [0, 0.1) is 18.3 Å². The van der Waals surface area contributed by atoms with Crippen LogP contribution in [0.3, 0.4) is 0 Å². The fraction of sp³-hybridized carbons (Fsp3) is 0.176. The van der Waals surface area contributed by atoms with E-state index in [1.807, 2.05) is 25.1 Å². The normalized spacial score (nSPS) is 11.7. The molecule has 4 heteroatoms. The van der Waals surface area contributed by atoms with E-state index in [1.165, 1.54) is 0 Å². The molecular formula is C17H13Cl2NO. The summed E-state index contributed by atoms with van der Waals surface area (Å²) in [6.07, 6.45) is 0.0985. The number of rotatable bonds is 4. The maximum absolute atomic E-state index is 12.3. The van der Waals surface area contributed by atoms with E-state index in [-0.39, 0.29) is 12.2 Å². The predicted molar refractivity (Wildman–Crippen MR) is 84.9 cm³/mol. The average Bonchev–Trinajstić information content (AvgIpc) is 2.45. The van der Waals surface area contributed by atoms with Gasteiger partial charge in [0.15, 0.2) is 5.78 Å². The SMILES string of the molecule is Cc1cccc(C(=O)C[C@@H](C#N)c2ccc(Cl)cc2Cl)c1. The Labute approximate surface area is 133 Å². The second-order valence-corrected chi connectivity index (χ2v) is 5.69. The van der Waals surface area contributed by atoms with E-state index in [1.54, 1.807) is 24.3 Å². The first-order valence-corrected chi connectivity index (χ1v) is 7.21. The molecule has 0 heterocycles. The maximum Gasteiger partial charge on any atom is 0.164 e. The third kappa shape index (κ3) is 3.85. The molecule has 0 saturated heterocycles. The number of carbonyl (C=O) groups excluding carboxylic acids is 1. The Hall–Kier alpha value is -1.82. The number of halogens is 2. The van der Waals surface area contributed by atoms with Crippen LogP contribution in [0.2, 0.25) is 10.0 Å². The van der Waals surface area contributed by atoms with Crippen molar-refractivity contribution in [2.24, 2.45) is 0 Å². The number of Topliss-reactive ketones (excluding diaryl/α,β-unsaturated/α-hetero) is 1. The summed E-state index contributed by atoms with van der Waals surface area (Å²) >= 11 is 12.0. The second-order valence-electron chi connectivity index (χ2n) is 4.84. The standard InChI is InChI=1S/C17H13Cl2NO/c1-11-3-2-4-12(7-11)17(21)8-13(10-20)15-6-5-14(18)9-16(15)19/h2-7,9,13H,8H2,1H3/t13-/m0/s1. The van der Waals surface area contributed by atoms with Gasteiger partial charge in [0.25, 0.3) is 0 Å². The van der Waals surface area contributed by atoms with E-state index >= 15 is 0 Å². The molecule has 0 saturated carbocycles. The van der Waals surface area contributed by atoms with Crippen molar-refractivity contribution in [2.45, 2.75) is 19.3 Å². The fourth-order valence-electron chi connectivity index (χ4n) is 2.13. The van der Waals surface area contributed by atoms with Crippen molar-refractivity contribution in [3.05, 3.63) is 69.2 Å². The zero-order valence-electron chi connectivity index (χ0n) is 11.4. The number of aryl methyl sites for hydroxylation is 1. The van der Waals surface area contributed by atoms with Crippen molar-refractivity contribution in [1.82, 2.24) is 0 Å². The number of ketones is 1. The van der Waals surface area contributed by atoms with Gasteiger partial charge >= 0.3 is 0 Å². The Morgan fingerprint density at radius 1 is 1.24 bits per heavy atom. The van der Waals surface area contributed by atoms with Crippen molar-refractivity contribution in [3.63, 3.8) is 0 Å². The van der Waals surface area contributed by atoms with E-state index in [0.29, 0.717) is 21.2 Å². The van der Waals surface area contributed by atoms with Gasteiger partial charge in [0, 0.05) is 22.0 Å². The predicted octanol–water partition coefficient (Wildman–Crippen LogP) is 5.18. The number of nitriles is 1. The monoisotopic (exact) mass is 317 g/mol. The molecular weight excluding hydrogens is 305 g/mol. The van der Waals surface area contributed by atoms with E-state index in [2.05, 4.69) is 6.07 Å². The lowest BCUT2D eigenvalue weighted by Gasteiger charge is -2.11. The second kappa shape index (κ2) is 6.76. The topological polar surface area (TPSA) is 40.9 Å². The molecule has 2 rings (SSSR count). The van der Waals surface area contributed by atoms with Gasteiger partial charge in [-0.05, 0) is 30.7 Å². The van der Waals surface area contributed by atoms with Crippen molar-refractivity contribution >= 4 is 29.0 Å². The van der Waals surface area contributed by atoms with Crippen LogP contribution in [0.4, 0.5) is 0 Å². The van der Waals surface area contributed by atoms with Gasteiger partial charge < -0.3 is 0 Å². The third-order valence-electron chi connectivity index (χ3n) is 3.22. The number of hydrogen-bond donors (Lipinski definition) is 0. The Kier molecular flexibility index (Phi) is 5.01. The lowest BCUT2D eigenvalue weighted by atomic mass is 9.92. The molecule has 2 aromatic rings. The minimum Gasteiger partial charge on any atom is -0.294 e. The summed E-state index contributed by atoms with van der Waals surface area (Å²) in [7, 11) is 0. The van der Waals surface area contributed by atoms with Crippen LogP contribution in [0.25, 0.3) is 0 Å². The molecule has 1 atom stereocenters. The molecule has 0 aromatic heterocycles. The highest BCUT2D eigenvalue weighted by Crippen LogP contribution is 2.30. The number of carbonyl (C=O) groups is 1. The molecule has 0 spiro atoms. The highest BCUT2D eigenvalue weighted by Gasteiger charge is 2.19. The van der Waals surface area contributed by atoms with Gasteiger partial charge in [-0.2, -0.15) is 5.26 Å². The van der Waals surface area contributed by atoms with Crippen LogP contribution in [0.5, 0.6) is 0 Å². The van der Waals surface area contributed by atoms with Gasteiger partial charge in [0.05, 0.1) is 12.0 Å². The molecule has 0 aliphatic heterocycles. The number of nitrogens with zero attached hydrogens (tertiary/aromatic N) is 1. The number of hydrogen-bond acceptors (Lipinski definition) is 2. The molecule has 0 bridgehead atoms. The Balaban J connectivity index is 2.23. The minimum absolute atomic E-state index is 0.0729. The van der Waals surface area contributed by atoms with Crippen LogP contribution in [0.15, 0.2) is 42.5 Å². The fourth-order valence-corrected chi connectivity index (χ4v) is 2.67. The molecule has 0 aliphatic carbocycles. The van der Waals surface area contributed by atoms with Crippen molar-refractivity contribution < 1.29 is 4.79 Å². The molecule has 0 unspecified atom stereocenters. The van der Waals surface area contributed by atoms with Gasteiger partial charge in [-0.15, -0.1) is 0 Å². The Morgan fingerprint density at radius 3 is 2.62 bits per heavy atom. The summed E-state index contributed by atoms with van der Waals surface area (Å²) < 4.78 is 0. The summed E-state index contributed by atoms with van der Waals surface area (Å²) in [5.41, 5.74) is 2.25. The summed E-state index contributed by atoms with van der Waals surface area (Å²) in [6.45, 7) is 1.93. The third-order valence-corrected chi connectivity index (χ3v) is 3.79. The molecule has 21 heavy (non-hydrogen) atoms. The van der Waals surface area contributed by atoms with Gasteiger partial charge in [-0.3, -0.25) is 4.79 Å². The molecule has 0 radical (unpaired) electrons. The lowest BCUT2D eigenvalue weighted by Crippen LogP contribution is -2.07. The minimum atomic E-state index is -0.581. The highest BCUT2D eigenvalue weighted by molar-refractivity contribution is 6.35. The van der Waals surface area contributed by atoms with E-state index in [9.17, 15) is 10.1 Å². The summed E-state index contributed by atoms with van der Waals surface area (Å²) in [5, 5.41) is 10.2. The molecule has 106 valence electrons. The molecule has 2 aromatic carbocycles. The highest BCUT2D eigenvalue weighted by atomic mass is 35.5. The quantitative estimate of drug-likeness (QED) is 0.729. The lowest BCUT2D eigenvalue weighted by molar-refractivity contribution is 0.0979. The molecule has 0 aliphatic rings. The van der Waals surface area contributed by atoms with Crippen molar-refractivity contribution in [2.75, 3.05) is 0 Å². The molecule has 2 nitrogen and oxygen atoms in total. The largest absolute Gasteiger partial charge is 0.294 e. The van der Waals surface area contributed by atoms with Gasteiger partial charge in [0.1, 0.15) is 0 Å². The first kappa shape index (κ1) is 15.6.